The van der Waals surface area contributed by atoms with E-state index in [0.29, 0.717) is 16.9 Å². The Labute approximate surface area is 156 Å². The number of pyridine rings is 1. The molecule has 0 radical (unpaired) electrons. The molecule has 2 N–H and O–H groups in total. The van der Waals surface area contributed by atoms with Gasteiger partial charge in [-0.1, -0.05) is 43.8 Å². The minimum Gasteiger partial charge on any atom is -0.325 e. The predicted octanol–water partition coefficient (Wildman–Crippen LogP) is 4.03. The first-order valence-corrected chi connectivity index (χ1v) is 9.38. The van der Waals surface area contributed by atoms with Crippen LogP contribution in [-0.2, 0) is 4.79 Å². The molecular formula is C19H21N5OS. The average molecular weight is 367 g/mol. The first-order chi connectivity index (χ1) is 12.5. The number of para-hydroxylation sites is 1. The van der Waals surface area contributed by atoms with Gasteiger partial charge in [-0.25, -0.2) is 4.98 Å². The summed E-state index contributed by atoms with van der Waals surface area (Å²) < 4.78 is 0. The van der Waals surface area contributed by atoms with Crippen LogP contribution < -0.4 is 5.32 Å². The van der Waals surface area contributed by atoms with E-state index in [4.69, 9.17) is 0 Å². The normalized spacial score (nSPS) is 10.9. The number of benzene rings is 1. The van der Waals surface area contributed by atoms with Crippen LogP contribution in [0.4, 0.5) is 5.69 Å². The highest BCUT2D eigenvalue weighted by atomic mass is 32.2. The van der Waals surface area contributed by atoms with Gasteiger partial charge in [-0.3, -0.25) is 14.9 Å². The summed E-state index contributed by atoms with van der Waals surface area (Å²) in [6, 6.07) is 9.78. The van der Waals surface area contributed by atoms with Gasteiger partial charge < -0.3 is 5.32 Å². The Kier molecular flexibility index (Phi) is 5.68. The number of aromatic nitrogens is 4. The number of amides is 1. The van der Waals surface area contributed by atoms with E-state index in [9.17, 15) is 4.79 Å². The molecule has 2 aromatic heterocycles. The molecule has 0 aliphatic heterocycles. The standard InChI is InChI=1S/C19H21N5OS/c1-12(2)15-6-4-5-13(3)17(15)21-16(25)11-26-19-22-18(23-24-19)14-7-9-20-10-8-14/h4-10,12H,11H2,1-3H3,(H,21,25)(H,22,23,24). The number of carbonyl (C=O) groups is 1. The Morgan fingerprint density at radius 1 is 1.23 bits per heavy atom. The summed E-state index contributed by atoms with van der Waals surface area (Å²) in [5.41, 5.74) is 4.01. The Morgan fingerprint density at radius 2 is 2.00 bits per heavy atom. The highest BCUT2D eigenvalue weighted by Crippen LogP contribution is 2.27. The van der Waals surface area contributed by atoms with Crippen LogP contribution in [0.2, 0.25) is 0 Å². The Hall–Kier alpha value is -2.67. The van der Waals surface area contributed by atoms with Gasteiger partial charge in [-0.05, 0) is 36.1 Å². The first-order valence-electron chi connectivity index (χ1n) is 8.39. The Morgan fingerprint density at radius 3 is 2.73 bits per heavy atom. The Bertz CT molecular complexity index is 892. The second-order valence-corrected chi connectivity index (χ2v) is 7.18. The fraction of sp³-hybridized carbons (Fsp3) is 0.263. The van der Waals surface area contributed by atoms with Crippen LogP contribution >= 0.6 is 11.8 Å². The number of aromatic amines is 1. The van der Waals surface area contributed by atoms with E-state index >= 15 is 0 Å². The van der Waals surface area contributed by atoms with Crippen molar-refractivity contribution in [3.63, 3.8) is 0 Å². The van der Waals surface area contributed by atoms with E-state index in [1.54, 1.807) is 12.4 Å². The van der Waals surface area contributed by atoms with Gasteiger partial charge in [0.15, 0.2) is 5.82 Å². The lowest BCUT2D eigenvalue weighted by Gasteiger charge is -2.16. The molecule has 0 bridgehead atoms. The third-order valence-electron chi connectivity index (χ3n) is 3.94. The average Bonchev–Trinajstić information content (AvgIpc) is 3.11. The summed E-state index contributed by atoms with van der Waals surface area (Å²) in [6.07, 6.45) is 3.40. The summed E-state index contributed by atoms with van der Waals surface area (Å²) in [6.45, 7) is 6.24. The van der Waals surface area contributed by atoms with E-state index in [0.717, 1.165) is 22.4 Å². The zero-order valence-corrected chi connectivity index (χ0v) is 15.8. The van der Waals surface area contributed by atoms with E-state index < -0.39 is 0 Å². The minimum absolute atomic E-state index is 0.0681. The van der Waals surface area contributed by atoms with Gasteiger partial charge in [0.25, 0.3) is 0 Å². The zero-order valence-electron chi connectivity index (χ0n) is 15.0. The lowest BCUT2D eigenvalue weighted by Crippen LogP contribution is -2.16. The van der Waals surface area contributed by atoms with Crippen LogP contribution in [0.15, 0.2) is 47.9 Å². The molecule has 0 atom stereocenters. The molecule has 1 amide bonds. The lowest BCUT2D eigenvalue weighted by atomic mass is 9.98. The molecule has 134 valence electrons. The van der Waals surface area contributed by atoms with Crippen molar-refractivity contribution >= 4 is 23.4 Å². The molecule has 6 nitrogen and oxygen atoms in total. The van der Waals surface area contributed by atoms with Gasteiger partial charge in [-0.15, -0.1) is 5.10 Å². The molecule has 0 saturated heterocycles. The highest BCUT2D eigenvalue weighted by molar-refractivity contribution is 7.99. The summed E-state index contributed by atoms with van der Waals surface area (Å²) in [5, 5.41) is 10.6. The van der Waals surface area contributed by atoms with Gasteiger partial charge in [-0.2, -0.15) is 0 Å². The molecular weight excluding hydrogens is 346 g/mol. The fourth-order valence-electron chi connectivity index (χ4n) is 2.60. The molecule has 3 aromatic rings. The van der Waals surface area contributed by atoms with Crippen molar-refractivity contribution in [2.45, 2.75) is 31.8 Å². The second kappa shape index (κ2) is 8.14. The smallest absolute Gasteiger partial charge is 0.234 e. The largest absolute Gasteiger partial charge is 0.325 e. The number of nitrogens with one attached hydrogen (secondary N) is 2. The SMILES string of the molecule is Cc1cccc(C(C)C)c1NC(=O)CSc1n[nH]c(-c2ccncc2)n1. The van der Waals surface area contributed by atoms with Crippen LogP contribution in [-0.4, -0.2) is 31.8 Å². The van der Waals surface area contributed by atoms with Crippen molar-refractivity contribution in [2.24, 2.45) is 0 Å². The van der Waals surface area contributed by atoms with Crippen LogP contribution in [0, 0.1) is 6.92 Å². The third-order valence-corrected chi connectivity index (χ3v) is 4.79. The van der Waals surface area contributed by atoms with Crippen LogP contribution in [0.25, 0.3) is 11.4 Å². The topological polar surface area (TPSA) is 83.6 Å². The number of nitrogens with zero attached hydrogens (tertiary/aromatic N) is 3. The number of rotatable bonds is 6. The molecule has 26 heavy (non-hydrogen) atoms. The van der Waals surface area contributed by atoms with Crippen LogP contribution in [0.5, 0.6) is 0 Å². The monoisotopic (exact) mass is 367 g/mol. The van der Waals surface area contributed by atoms with Gasteiger partial charge in [0.1, 0.15) is 0 Å². The molecule has 0 fully saturated rings. The van der Waals surface area contributed by atoms with Crippen LogP contribution in [0.1, 0.15) is 30.9 Å². The summed E-state index contributed by atoms with van der Waals surface area (Å²) in [5.74, 6) is 1.19. The van der Waals surface area contributed by atoms with Gasteiger partial charge in [0, 0.05) is 23.6 Å². The maximum Gasteiger partial charge on any atom is 0.234 e. The molecule has 0 aliphatic rings. The van der Waals surface area contributed by atoms with Crippen LogP contribution in [0.3, 0.4) is 0 Å². The van der Waals surface area contributed by atoms with E-state index in [2.05, 4.69) is 45.4 Å². The third kappa shape index (κ3) is 4.29. The van der Waals surface area contributed by atoms with Gasteiger partial charge >= 0.3 is 0 Å². The maximum atomic E-state index is 12.4. The van der Waals surface area contributed by atoms with Crippen molar-refractivity contribution in [2.75, 3.05) is 11.1 Å². The molecule has 7 heteroatoms. The van der Waals surface area contributed by atoms with Gasteiger partial charge in [0.05, 0.1) is 5.75 Å². The van der Waals surface area contributed by atoms with Crippen molar-refractivity contribution in [3.8, 4) is 11.4 Å². The number of aryl methyl sites for hydroxylation is 1. The molecule has 0 unspecified atom stereocenters. The highest BCUT2D eigenvalue weighted by Gasteiger charge is 2.13. The molecule has 3 rings (SSSR count). The van der Waals surface area contributed by atoms with E-state index in [-0.39, 0.29) is 11.7 Å². The number of carbonyl (C=O) groups excluding carboxylic acids is 1. The van der Waals surface area contributed by atoms with E-state index in [1.165, 1.54) is 11.8 Å². The molecule has 2 heterocycles. The van der Waals surface area contributed by atoms with Crippen molar-refractivity contribution in [3.05, 3.63) is 53.9 Å². The number of thioether (sulfide) groups is 1. The first kappa shape index (κ1) is 18.1. The molecule has 0 saturated carbocycles. The number of anilines is 1. The number of hydrogen-bond acceptors (Lipinski definition) is 5. The maximum absolute atomic E-state index is 12.4. The van der Waals surface area contributed by atoms with Gasteiger partial charge in [0.2, 0.25) is 11.1 Å². The summed E-state index contributed by atoms with van der Waals surface area (Å²) in [7, 11) is 0. The fourth-order valence-corrected chi connectivity index (χ4v) is 3.20. The Balaban J connectivity index is 1.63. The lowest BCUT2D eigenvalue weighted by molar-refractivity contribution is -0.113. The zero-order chi connectivity index (χ0) is 18.5. The van der Waals surface area contributed by atoms with Crippen molar-refractivity contribution in [1.29, 1.82) is 0 Å². The number of hydrogen-bond donors (Lipinski definition) is 2. The van der Waals surface area contributed by atoms with E-state index in [1.807, 2.05) is 31.2 Å². The minimum atomic E-state index is -0.0681. The summed E-state index contributed by atoms with van der Waals surface area (Å²) >= 11 is 1.30. The molecule has 0 spiro atoms. The van der Waals surface area contributed by atoms with Crippen molar-refractivity contribution < 1.29 is 4.79 Å². The predicted molar refractivity (Wildman–Crippen MR) is 104 cm³/mol. The second-order valence-electron chi connectivity index (χ2n) is 6.23. The number of H-pyrrole nitrogens is 1. The molecule has 0 aliphatic carbocycles. The molecule has 1 aromatic carbocycles. The van der Waals surface area contributed by atoms with Crippen molar-refractivity contribution in [1.82, 2.24) is 20.2 Å². The summed E-state index contributed by atoms with van der Waals surface area (Å²) in [4.78, 5) is 20.8. The quantitative estimate of drug-likeness (QED) is 0.643.